The number of unbranched alkanes of at least 4 members (excludes halogenated alkanes) is 4. The first-order chi connectivity index (χ1) is 27.4. The van der Waals surface area contributed by atoms with Crippen LogP contribution in [-0.2, 0) is 81.0 Å². The summed E-state index contributed by atoms with van der Waals surface area (Å²) in [4.78, 5) is 98.9. The zero-order valence-corrected chi connectivity index (χ0v) is 34.1. The van der Waals surface area contributed by atoms with Gasteiger partial charge in [0.05, 0.1) is 33.0 Å². The largest absolute Gasteiger partial charge is 0.462 e. The van der Waals surface area contributed by atoms with Crippen molar-refractivity contribution in [3.05, 3.63) is 48.6 Å². The average molecular weight is 823 g/mol. The van der Waals surface area contributed by atoms with Crippen molar-refractivity contribution < 1.29 is 81.0 Å². The van der Waals surface area contributed by atoms with E-state index in [2.05, 4.69) is 26.3 Å². The molecule has 0 radical (unpaired) electrons. The highest BCUT2D eigenvalue weighted by Crippen LogP contribution is 2.27. The van der Waals surface area contributed by atoms with Crippen LogP contribution < -0.4 is 0 Å². The number of esters is 8. The van der Waals surface area contributed by atoms with Gasteiger partial charge in [0.15, 0.2) is 12.2 Å². The van der Waals surface area contributed by atoms with Crippen molar-refractivity contribution >= 4 is 47.8 Å². The minimum absolute atomic E-state index is 0.0130. The van der Waals surface area contributed by atoms with Crippen molar-refractivity contribution in [2.45, 2.75) is 129 Å². The fourth-order valence-corrected chi connectivity index (χ4v) is 4.69. The van der Waals surface area contributed by atoms with Crippen molar-refractivity contribution in [3.63, 3.8) is 0 Å². The molecular weight excluding hydrogens is 764 g/mol. The van der Waals surface area contributed by atoms with E-state index in [1.165, 1.54) is 27.7 Å². The van der Waals surface area contributed by atoms with Gasteiger partial charge in [-0.25, -0.2) is 19.2 Å². The Kier molecular flexibility index (Phi) is 24.6. The van der Waals surface area contributed by atoms with E-state index in [-0.39, 0.29) is 100 Å². The highest BCUT2D eigenvalue weighted by atomic mass is 16.7. The molecule has 0 N–H and O–H groups in total. The van der Waals surface area contributed by atoms with E-state index in [1.807, 2.05) is 0 Å². The highest BCUT2D eigenvalue weighted by Gasteiger charge is 2.49. The third-order valence-corrected chi connectivity index (χ3v) is 7.88. The topological polar surface area (TPSA) is 220 Å². The van der Waals surface area contributed by atoms with Crippen molar-refractivity contribution in [1.29, 1.82) is 0 Å². The van der Waals surface area contributed by atoms with Gasteiger partial charge in [-0.15, -0.1) is 0 Å². The Hall–Kier alpha value is -5.32. The first-order valence-electron chi connectivity index (χ1n) is 19.1. The van der Waals surface area contributed by atoms with Gasteiger partial charge in [0.1, 0.15) is 0 Å². The number of carbonyl (C=O) groups excluding carboxylic acids is 8. The van der Waals surface area contributed by atoms with Crippen molar-refractivity contribution in [2.75, 3.05) is 33.0 Å². The molecule has 0 saturated carbocycles. The minimum atomic E-state index is -1.59. The van der Waals surface area contributed by atoms with Crippen molar-refractivity contribution in [3.8, 4) is 0 Å². The molecule has 4 atom stereocenters. The van der Waals surface area contributed by atoms with Crippen LogP contribution in [0.25, 0.3) is 0 Å². The zero-order chi connectivity index (χ0) is 43.6. The summed E-state index contributed by atoms with van der Waals surface area (Å²) in [5, 5.41) is 0. The molecule has 1 heterocycles. The Morgan fingerprint density at radius 1 is 0.431 bits per heavy atom. The van der Waals surface area contributed by atoms with Gasteiger partial charge in [-0.3, -0.25) is 19.2 Å². The van der Waals surface area contributed by atoms with Gasteiger partial charge < -0.3 is 42.6 Å². The van der Waals surface area contributed by atoms with E-state index in [0.717, 1.165) is 0 Å². The molecule has 1 saturated heterocycles. The van der Waals surface area contributed by atoms with Gasteiger partial charge in [0.25, 0.3) is 0 Å². The summed E-state index contributed by atoms with van der Waals surface area (Å²) in [6.07, 6.45) is -4.41. The summed E-state index contributed by atoms with van der Waals surface area (Å²) in [6.45, 7) is 19.7. The van der Waals surface area contributed by atoms with Gasteiger partial charge in [-0.05, 0) is 79.1 Å². The van der Waals surface area contributed by atoms with Gasteiger partial charge in [0.2, 0.25) is 12.4 Å². The lowest BCUT2D eigenvalue weighted by molar-refractivity contribution is -0.275. The lowest BCUT2D eigenvalue weighted by Gasteiger charge is -2.40. The third-order valence-electron chi connectivity index (χ3n) is 7.88. The summed E-state index contributed by atoms with van der Waals surface area (Å²) < 4.78 is 48.6. The Labute approximate surface area is 339 Å². The van der Waals surface area contributed by atoms with Crippen LogP contribution in [0.2, 0.25) is 0 Å². The SMILES string of the molecule is C=C(C)C(=O)OCCCCC(=O)OC1OC[C@@H](OC(=O)CCCCOC(=O)C(=C)C)C(OC(=O)CCCCOC(=O)C(=C)C)[C@H]1OC(=O)CCCCOC(=O)C(=C)C. The summed E-state index contributed by atoms with van der Waals surface area (Å²) in [7, 11) is 0. The molecule has 0 aromatic rings. The first kappa shape index (κ1) is 50.7. The smallest absolute Gasteiger partial charge is 0.333 e. The van der Waals surface area contributed by atoms with Crippen LogP contribution in [0.1, 0.15) is 105 Å². The van der Waals surface area contributed by atoms with Crippen molar-refractivity contribution in [2.24, 2.45) is 0 Å². The zero-order valence-electron chi connectivity index (χ0n) is 34.1. The van der Waals surface area contributed by atoms with Crippen LogP contribution in [0.5, 0.6) is 0 Å². The molecule has 0 spiro atoms. The Bertz CT molecular complexity index is 1380. The molecule has 0 amide bonds. The standard InChI is InChI=1S/C41H58O17/c1-26(2)37(46)50-21-13-9-17-31(42)55-30-25-54-41(58-34(45)20-12-16-24-53-40(49)29(7)8)36(57-33(44)19-11-15-23-52-39(48)28(5)6)35(30)56-32(43)18-10-14-22-51-38(47)27(3)4/h30,35-36,41H,1,3,5,7,9-25H2,2,4,6,8H3/t30-,35?,36-,41?/m1/s1. The van der Waals surface area contributed by atoms with E-state index in [1.54, 1.807) is 0 Å². The molecule has 58 heavy (non-hydrogen) atoms. The second-order valence-electron chi connectivity index (χ2n) is 13.6. The average Bonchev–Trinajstić information content (AvgIpc) is 3.15. The number of rotatable bonds is 28. The van der Waals surface area contributed by atoms with E-state index < -0.39 is 79.0 Å². The van der Waals surface area contributed by atoms with Crippen molar-refractivity contribution in [1.82, 2.24) is 0 Å². The molecule has 1 rings (SSSR count). The van der Waals surface area contributed by atoms with Gasteiger partial charge >= 0.3 is 47.8 Å². The fraction of sp³-hybridized carbons (Fsp3) is 0.610. The summed E-state index contributed by atoms with van der Waals surface area (Å²) >= 11 is 0. The molecule has 1 aliphatic heterocycles. The molecule has 17 heteroatoms. The Balaban J connectivity index is 3.15. The minimum Gasteiger partial charge on any atom is -0.462 e. The Morgan fingerprint density at radius 3 is 1.05 bits per heavy atom. The molecule has 1 fully saturated rings. The van der Waals surface area contributed by atoms with E-state index in [9.17, 15) is 38.4 Å². The molecular formula is C41H58O17. The molecule has 1 aliphatic rings. The number of ether oxygens (including phenoxy) is 9. The van der Waals surface area contributed by atoms with Gasteiger partial charge in [0, 0.05) is 48.0 Å². The van der Waals surface area contributed by atoms with Gasteiger partial charge in [-0.2, -0.15) is 0 Å². The van der Waals surface area contributed by atoms with Gasteiger partial charge in [-0.1, -0.05) is 26.3 Å². The second kappa shape index (κ2) is 28.1. The van der Waals surface area contributed by atoms with Crippen LogP contribution >= 0.6 is 0 Å². The summed E-state index contributed by atoms with van der Waals surface area (Å²) in [5.41, 5.74) is 0.894. The predicted octanol–water partition coefficient (Wildman–Crippen LogP) is 4.78. The number of hydrogen-bond donors (Lipinski definition) is 0. The lowest BCUT2D eigenvalue weighted by atomic mass is 10.0. The second-order valence-corrected chi connectivity index (χ2v) is 13.6. The quantitative estimate of drug-likeness (QED) is 0.0449. The highest BCUT2D eigenvalue weighted by molar-refractivity contribution is 5.88. The van der Waals surface area contributed by atoms with Crippen LogP contribution in [0.15, 0.2) is 48.6 Å². The van der Waals surface area contributed by atoms with Crippen LogP contribution in [0.3, 0.4) is 0 Å². The van der Waals surface area contributed by atoms with E-state index in [4.69, 9.17) is 42.6 Å². The third kappa shape index (κ3) is 21.8. The summed E-state index contributed by atoms with van der Waals surface area (Å²) in [5.74, 6) is -5.38. The normalized spacial score (nSPS) is 17.0. The van der Waals surface area contributed by atoms with Crippen LogP contribution in [-0.4, -0.2) is 105 Å². The maximum Gasteiger partial charge on any atom is 0.333 e. The van der Waals surface area contributed by atoms with E-state index in [0.29, 0.717) is 25.7 Å². The maximum atomic E-state index is 13.2. The Morgan fingerprint density at radius 2 is 0.724 bits per heavy atom. The molecule has 0 bridgehead atoms. The number of hydrogen-bond acceptors (Lipinski definition) is 17. The summed E-state index contributed by atoms with van der Waals surface area (Å²) in [6, 6.07) is 0. The maximum absolute atomic E-state index is 13.2. The monoisotopic (exact) mass is 822 g/mol. The molecule has 324 valence electrons. The van der Waals surface area contributed by atoms with E-state index >= 15 is 0 Å². The predicted molar refractivity (Wildman–Crippen MR) is 204 cm³/mol. The van der Waals surface area contributed by atoms with Crippen LogP contribution in [0.4, 0.5) is 0 Å². The molecule has 0 aliphatic carbocycles. The lowest BCUT2D eigenvalue weighted by Crippen LogP contribution is -2.58. The molecule has 17 nitrogen and oxygen atoms in total. The fourth-order valence-electron chi connectivity index (χ4n) is 4.69. The molecule has 0 aromatic heterocycles. The first-order valence-corrected chi connectivity index (χ1v) is 19.1. The van der Waals surface area contributed by atoms with Crippen LogP contribution in [0, 0.1) is 0 Å². The molecule has 0 aromatic carbocycles. The molecule has 2 unspecified atom stereocenters. The number of carbonyl (C=O) groups is 8.